The zero-order valence-corrected chi connectivity index (χ0v) is 12.3. The number of ether oxygens (including phenoxy) is 3. The maximum Gasteiger partial charge on any atom is 0.122 e. The third-order valence-electron chi connectivity index (χ3n) is 3.02. The lowest BCUT2D eigenvalue weighted by atomic mass is 10.1. The van der Waals surface area contributed by atoms with Crippen LogP contribution in [-0.4, -0.2) is 25.4 Å². The van der Waals surface area contributed by atoms with E-state index in [1.807, 2.05) is 48.5 Å². The lowest BCUT2D eigenvalue weighted by Gasteiger charge is -2.10. The Morgan fingerprint density at radius 1 is 0.905 bits per heavy atom. The molecule has 0 aliphatic rings. The molecule has 0 bridgehead atoms. The Morgan fingerprint density at radius 3 is 2.14 bits per heavy atom. The van der Waals surface area contributed by atoms with Crippen molar-refractivity contribution in [3.63, 3.8) is 0 Å². The van der Waals surface area contributed by atoms with Crippen LogP contribution in [0.15, 0.2) is 48.5 Å². The Balaban J connectivity index is 1.77. The lowest BCUT2D eigenvalue weighted by Crippen LogP contribution is -2.09. The first-order valence-corrected chi connectivity index (χ1v) is 6.86. The Hall–Kier alpha value is -2.20. The monoisotopic (exact) mass is 288 g/mol. The first kappa shape index (κ1) is 15.2. The first-order valence-electron chi connectivity index (χ1n) is 6.86. The van der Waals surface area contributed by atoms with Crippen LogP contribution in [0.5, 0.6) is 17.2 Å². The molecule has 0 fully saturated rings. The predicted octanol–water partition coefficient (Wildman–Crippen LogP) is 3.21. The average molecular weight is 288 g/mol. The molecule has 4 nitrogen and oxygen atoms in total. The second-order valence-corrected chi connectivity index (χ2v) is 4.62. The Morgan fingerprint density at radius 2 is 1.52 bits per heavy atom. The van der Waals surface area contributed by atoms with Gasteiger partial charge in [0.15, 0.2) is 0 Å². The molecule has 0 heterocycles. The minimum absolute atomic E-state index is 0.440. The Labute approximate surface area is 124 Å². The topological polar surface area (TPSA) is 47.9 Å². The quantitative estimate of drug-likeness (QED) is 0.795. The number of hydrogen-bond donors (Lipinski definition) is 1. The largest absolute Gasteiger partial charge is 0.497 e. The highest BCUT2D eigenvalue weighted by molar-refractivity contribution is 5.31. The maximum atomic E-state index is 9.52. The molecule has 0 spiro atoms. The zero-order chi connectivity index (χ0) is 15.1. The molecule has 1 N–H and O–H groups in total. The zero-order valence-electron chi connectivity index (χ0n) is 12.3. The maximum absolute atomic E-state index is 9.52. The molecular formula is C17H20O4. The molecule has 4 heteroatoms. The van der Waals surface area contributed by atoms with Gasteiger partial charge in [0.1, 0.15) is 30.5 Å². The summed E-state index contributed by atoms with van der Waals surface area (Å²) >= 11 is 0. The molecule has 0 radical (unpaired) electrons. The van der Waals surface area contributed by atoms with Gasteiger partial charge in [-0.1, -0.05) is 12.1 Å². The van der Waals surface area contributed by atoms with Crippen molar-refractivity contribution < 1.29 is 19.3 Å². The van der Waals surface area contributed by atoms with Crippen LogP contribution in [0.4, 0.5) is 0 Å². The van der Waals surface area contributed by atoms with E-state index < -0.39 is 6.10 Å². The highest BCUT2D eigenvalue weighted by atomic mass is 16.5. The summed E-state index contributed by atoms with van der Waals surface area (Å²) in [4.78, 5) is 0. The summed E-state index contributed by atoms with van der Waals surface area (Å²) < 4.78 is 16.3. The van der Waals surface area contributed by atoms with Gasteiger partial charge in [-0.15, -0.1) is 0 Å². The fraction of sp³-hybridized carbons (Fsp3) is 0.294. The molecular weight excluding hydrogens is 268 g/mol. The Kier molecular flexibility index (Phi) is 5.46. The number of hydrogen-bond acceptors (Lipinski definition) is 4. The van der Waals surface area contributed by atoms with Crippen LogP contribution in [0.2, 0.25) is 0 Å². The van der Waals surface area contributed by atoms with E-state index in [0.717, 1.165) is 22.8 Å². The smallest absolute Gasteiger partial charge is 0.122 e. The van der Waals surface area contributed by atoms with Gasteiger partial charge in [0, 0.05) is 0 Å². The molecule has 112 valence electrons. The molecule has 0 amide bonds. The van der Waals surface area contributed by atoms with Crippen molar-refractivity contribution in [1.82, 2.24) is 0 Å². The molecule has 1 atom stereocenters. The van der Waals surface area contributed by atoms with Crippen LogP contribution in [0.25, 0.3) is 0 Å². The number of methoxy groups -OCH3 is 1. The molecule has 2 aromatic rings. The molecule has 0 saturated carbocycles. The summed E-state index contributed by atoms with van der Waals surface area (Å²) in [6.45, 7) is 2.62. The van der Waals surface area contributed by atoms with Crippen molar-refractivity contribution in [2.45, 2.75) is 13.0 Å². The summed E-state index contributed by atoms with van der Waals surface area (Å²) in [6, 6.07) is 14.8. The fourth-order valence-corrected chi connectivity index (χ4v) is 1.86. The van der Waals surface area contributed by atoms with Crippen molar-refractivity contribution in [2.75, 3.05) is 20.3 Å². The Bertz CT molecular complexity index is 549. The molecule has 0 aliphatic heterocycles. The lowest BCUT2D eigenvalue weighted by molar-refractivity contribution is 0.196. The van der Waals surface area contributed by atoms with E-state index in [1.165, 1.54) is 0 Å². The molecule has 2 aromatic carbocycles. The third-order valence-corrected chi connectivity index (χ3v) is 3.02. The third kappa shape index (κ3) is 4.68. The van der Waals surface area contributed by atoms with E-state index in [0.29, 0.717) is 13.2 Å². The number of aliphatic hydroxyl groups excluding tert-OH is 1. The predicted molar refractivity (Wildman–Crippen MR) is 81.1 cm³/mol. The van der Waals surface area contributed by atoms with Gasteiger partial charge in [0.25, 0.3) is 0 Å². The van der Waals surface area contributed by atoms with E-state index in [4.69, 9.17) is 14.2 Å². The van der Waals surface area contributed by atoms with Gasteiger partial charge in [0.2, 0.25) is 0 Å². The molecule has 0 saturated heterocycles. The van der Waals surface area contributed by atoms with Crippen molar-refractivity contribution >= 4 is 0 Å². The minimum atomic E-state index is -0.496. The normalized spacial score (nSPS) is 11.8. The van der Waals surface area contributed by atoms with Gasteiger partial charge >= 0.3 is 0 Å². The van der Waals surface area contributed by atoms with Crippen molar-refractivity contribution in [1.29, 1.82) is 0 Å². The average Bonchev–Trinajstić information content (AvgIpc) is 2.52. The molecule has 0 aliphatic carbocycles. The van der Waals surface area contributed by atoms with Crippen molar-refractivity contribution in [3.05, 3.63) is 54.1 Å². The van der Waals surface area contributed by atoms with Gasteiger partial charge in [-0.2, -0.15) is 0 Å². The van der Waals surface area contributed by atoms with Crippen LogP contribution >= 0.6 is 0 Å². The highest BCUT2D eigenvalue weighted by Crippen LogP contribution is 2.19. The molecule has 0 aromatic heterocycles. The van der Waals surface area contributed by atoms with Crippen molar-refractivity contribution in [3.8, 4) is 17.2 Å². The first-order chi connectivity index (χ1) is 10.2. The highest BCUT2D eigenvalue weighted by Gasteiger charge is 2.02. The second kappa shape index (κ2) is 7.55. The van der Waals surface area contributed by atoms with Gasteiger partial charge in [-0.05, 0) is 48.9 Å². The van der Waals surface area contributed by atoms with E-state index in [-0.39, 0.29) is 0 Å². The van der Waals surface area contributed by atoms with Gasteiger partial charge in [-0.3, -0.25) is 0 Å². The van der Waals surface area contributed by atoms with Gasteiger partial charge in [-0.25, -0.2) is 0 Å². The van der Waals surface area contributed by atoms with Gasteiger partial charge < -0.3 is 19.3 Å². The van der Waals surface area contributed by atoms with Crippen molar-refractivity contribution in [2.24, 2.45) is 0 Å². The summed E-state index contributed by atoms with van der Waals surface area (Å²) in [5.41, 5.74) is 0.837. The fourth-order valence-electron chi connectivity index (χ4n) is 1.86. The summed E-state index contributed by atoms with van der Waals surface area (Å²) in [6.07, 6.45) is -0.496. The number of benzene rings is 2. The van der Waals surface area contributed by atoms with E-state index >= 15 is 0 Å². The molecule has 21 heavy (non-hydrogen) atoms. The van der Waals surface area contributed by atoms with E-state index in [2.05, 4.69) is 0 Å². The number of aliphatic hydroxyl groups is 1. The molecule has 2 rings (SSSR count). The second-order valence-electron chi connectivity index (χ2n) is 4.62. The summed E-state index contributed by atoms with van der Waals surface area (Å²) in [5.74, 6) is 2.30. The van der Waals surface area contributed by atoms with Crippen LogP contribution in [0, 0.1) is 0 Å². The minimum Gasteiger partial charge on any atom is -0.497 e. The summed E-state index contributed by atoms with van der Waals surface area (Å²) in [7, 11) is 1.63. The molecule has 0 unspecified atom stereocenters. The van der Waals surface area contributed by atoms with Crippen LogP contribution in [0.3, 0.4) is 0 Å². The van der Waals surface area contributed by atoms with E-state index in [1.54, 1.807) is 14.0 Å². The van der Waals surface area contributed by atoms with Crippen LogP contribution in [0.1, 0.15) is 18.6 Å². The standard InChI is InChI=1S/C17H20O4/c1-13(18)14-4-3-5-17(12-14)21-11-10-20-16-8-6-15(19-2)7-9-16/h3-9,12-13,18H,10-11H2,1-2H3/t13-/m1/s1. The number of rotatable bonds is 7. The SMILES string of the molecule is COc1ccc(OCCOc2cccc([C@@H](C)O)c2)cc1. The summed E-state index contributed by atoms with van der Waals surface area (Å²) in [5, 5.41) is 9.52. The van der Waals surface area contributed by atoms with Crippen LogP contribution < -0.4 is 14.2 Å². The van der Waals surface area contributed by atoms with Crippen LogP contribution in [-0.2, 0) is 0 Å². The van der Waals surface area contributed by atoms with Gasteiger partial charge in [0.05, 0.1) is 13.2 Å². The van der Waals surface area contributed by atoms with E-state index in [9.17, 15) is 5.11 Å².